The predicted molar refractivity (Wildman–Crippen MR) is 525 cm³/mol. The van der Waals surface area contributed by atoms with Gasteiger partial charge in [0.2, 0.25) is 37.4 Å². The molecule has 8 aromatic rings. The van der Waals surface area contributed by atoms with Crippen LogP contribution in [0.25, 0.3) is 36.8 Å². The second-order valence-electron chi connectivity index (χ2n) is 38.2. The number of anilines is 4. The molecule has 4 aliphatic heterocycles. The van der Waals surface area contributed by atoms with Crippen molar-refractivity contribution < 1.29 is 61.3 Å². The fourth-order valence-electron chi connectivity index (χ4n) is 19.6. The molecule has 0 bridgehead atoms. The van der Waals surface area contributed by atoms with Gasteiger partial charge in [0.1, 0.15) is 11.8 Å². The Labute approximate surface area is 801 Å². The second kappa shape index (κ2) is 40.2. The maximum atomic E-state index is 12.9. The van der Waals surface area contributed by atoms with Crippen molar-refractivity contribution in [1.29, 1.82) is 5.26 Å². The van der Waals surface area contributed by atoms with Gasteiger partial charge in [0.15, 0.2) is 5.82 Å². The molecule has 4 aromatic carbocycles. The zero-order valence-electron chi connectivity index (χ0n) is 78.0. The number of amides is 4. The topological polar surface area (TPSA) is 448 Å². The molecule has 8 heterocycles. The van der Waals surface area contributed by atoms with Crippen molar-refractivity contribution in [1.82, 2.24) is 64.4 Å². The van der Waals surface area contributed by atoms with Gasteiger partial charge in [0, 0.05) is 163 Å². The van der Waals surface area contributed by atoms with Crippen molar-refractivity contribution in [3.63, 3.8) is 0 Å². The highest BCUT2D eigenvalue weighted by molar-refractivity contribution is 8.04. The Morgan fingerprint density at radius 3 is 1.12 bits per heavy atom. The number of nitrogens with zero attached hydrogens (tertiary/aromatic N) is 14. The highest BCUT2D eigenvalue weighted by atomic mass is 32.3. The van der Waals surface area contributed by atoms with Crippen LogP contribution in [0.1, 0.15) is 252 Å². The third-order valence-electron chi connectivity index (χ3n) is 28.3. The van der Waals surface area contributed by atoms with Crippen LogP contribution in [0.5, 0.6) is 0 Å². The lowest BCUT2D eigenvalue weighted by Gasteiger charge is -2.36. The first-order valence-electron chi connectivity index (χ1n) is 45.7. The van der Waals surface area contributed by atoms with Crippen LogP contribution in [-0.2, 0) is 50.7 Å². The molecular weight excluding hydrogens is 1850 g/mol. The zero-order valence-corrected chi connectivity index (χ0v) is 82.1. The molecule has 8 N–H and O–H groups in total. The van der Waals surface area contributed by atoms with Crippen molar-refractivity contribution >= 4 is 137 Å². The first-order chi connectivity index (χ1) is 65.0. The van der Waals surface area contributed by atoms with Crippen molar-refractivity contribution in [3.8, 4) is 6.07 Å². The molecule has 0 radical (unpaired) electrons. The standard InChI is InChI=1S/C26H32N6O3S.C24H28N6O3S.C23H27N5O5S2.C23H27N5O3S/c1-27-23-15-28-24(30-23)25(33)29-22-7-6-19(20-16-31(2)36(34,35)32(3)17-20)14-21(22)18-8-12-26(13-9-18)10-4-5-11-26;1-25-21-13-26-22(28-21)23(31)27-20-5-4-17(18-14-29(2)34(32,33)30(3)15-18)12-19(20)16-6-8-24(9-7-16)10-11-24;1-23(2)8-6-15(7-9-23)19-10-16(17-13-34(30,31)28(3)35(32,33)14-17)4-5-20(19)27-22(29)21-25-12-18(11-24)26-21;1-24-19-12-22(25-13-19)23(29)26-21-10-9-17(11-20(21)16-7-5-4-6-8-16)18-14-27(2)32(30,31)28(3)15-18/h6-8,14-15,20H,4-5,9-13,16-17H2,2-3H3,(H,28,30)(H,29,33);4-6,12-13,18H,7-11,14-15H2,2-3H3,(H,26,28)(H,27,31);4-6,10,12,17H,7-9,13-14H2,1-3H3,(H,25,26)(H,27,29);7,9-13,18,25H,4-6,8,14-15H2,2-3H3,(H,26,29). The van der Waals surface area contributed by atoms with Gasteiger partial charge in [-0.1, -0.05) is 92.1 Å². The normalized spacial score (nSPS) is 21.5. The minimum Gasteiger partial charge on any atom is -0.368 e. The first kappa shape index (κ1) is 99.5. The number of aromatic nitrogens is 7. The summed E-state index contributed by atoms with van der Waals surface area (Å²) in [5.74, 6) is -2.30. The van der Waals surface area contributed by atoms with Crippen LogP contribution in [-0.4, -0.2) is 230 Å². The minimum atomic E-state index is -3.96. The fourth-order valence-corrected chi connectivity index (χ4v) is 27.2. The van der Waals surface area contributed by atoms with Crippen LogP contribution in [0.15, 0.2) is 128 Å². The smallest absolute Gasteiger partial charge is 0.314 e. The molecule has 2 spiro atoms. The third kappa shape index (κ3) is 22.3. The van der Waals surface area contributed by atoms with E-state index in [-0.39, 0.29) is 75.4 Å². The number of allylic oxidation sites excluding steroid dienone is 8. The van der Waals surface area contributed by atoms with E-state index in [1.54, 1.807) is 60.5 Å². The van der Waals surface area contributed by atoms with Gasteiger partial charge < -0.3 is 40.9 Å². The Balaban J connectivity index is 0.000000139. The summed E-state index contributed by atoms with van der Waals surface area (Å²) in [6, 6.07) is 26.4. The molecule has 41 heteroatoms. The maximum Gasteiger partial charge on any atom is 0.314 e. The van der Waals surface area contributed by atoms with E-state index in [0.717, 1.165) is 135 Å². The van der Waals surface area contributed by atoms with Gasteiger partial charge in [-0.15, -0.1) is 0 Å². The van der Waals surface area contributed by atoms with E-state index in [0.29, 0.717) is 93.4 Å². The minimum absolute atomic E-state index is 0.0113. The number of likely N-dealkylation sites (N-methyl/N-ethyl adjacent to an activating group) is 6. The SMILES string of the molecule is CN1S(=O)(=O)CC(c2ccc(NC(=O)c3ncc(C#N)[nH]3)c(C3=CCC(C)(C)CC3)c2)CS1(=O)=O.[C-]#[N+]c1c[nH]c(C(=O)Nc2ccc(C3CN(C)S(=O)(=O)N(C)C3)cc2C2=CCCCC2)c1.[C-]#[N+]c1cnc(C(=O)Nc2ccc(C3CN(C)S(=O)(=O)N(C)C3)cc2C2=CCC3(CC2)CC3)[nH]1.[C-]#[N+]c1cnc(C(=O)Nc2ccc(C3CN(C)S(=O)(=O)N(C)C3)cc2C2=CCC3(CCCC3)CC2)[nH]1. The molecule has 6 aliphatic carbocycles. The Bertz CT molecular complexity index is 6900. The Morgan fingerprint density at radius 2 is 0.788 bits per heavy atom. The van der Waals surface area contributed by atoms with E-state index in [1.165, 1.54) is 112 Å². The van der Waals surface area contributed by atoms with Gasteiger partial charge in [-0.2, -0.15) is 56.3 Å². The summed E-state index contributed by atoms with van der Waals surface area (Å²) < 4.78 is 133. The molecule has 18 rings (SSSR count). The average Bonchev–Trinajstić information content (AvgIpc) is 1.75. The predicted octanol–water partition coefficient (Wildman–Crippen LogP) is 15.1. The van der Waals surface area contributed by atoms with Crippen LogP contribution < -0.4 is 21.3 Å². The molecule has 722 valence electrons. The molecule has 0 unspecified atom stereocenters. The van der Waals surface area contributed by atoms with E-state index in [1.807, 2.05) is 42.5 Å². The number of carbonyl (C=O) groups excluding carboxylic acids is 4. The summed E-state index contributed by atoms with van der Waals surface area (Å²) in [5, 5.41) is 20.7. The van der Waals surface area contributed by atoms with E-state index < -0.39 is 74.3 Å². The van der Waals surface area contributed by atoms with Gasteiger partial charge in [-0.25, -0.2) is 36.6 Å². The van der Waals surface area contributed by atoms with Gasteiger partial charge in [0.25, 0.3) is 54.1 Å². The number of imidazole rings is 3. The highest BCUT2D eigenvalue weighted by Crippen LogP contribution is 2.57. The highest BCUT2D eigenvalue weighted by Gasteiger charge is 2.46. The molecule has 4 amide bonds. The largest absolute Gasteiger partial charge is 0.368 e. The Morgan fingerprint density at radius 1 is 0.423 bits per heavy atom. The summed E-state index contributed by atoms with van der Waals surface area (Å²) in [6.45, 7) is 28.1. The number of nitriles is 1. The van der Waals surface area contributed by atoms with Crippen LogP contribution in [0, 0.1) is 47.3 Å². The van der Waals surface area contributed by atoms with E-state index >= 15 is 0 Å². The molecule has 0 atom stereocenters. The van der Waals surface area contributed by atoms with Crippen LogP contribution in [0.3, 0.4) is 0 Å². The second-order valence-corrected chi connectivity index (χ2v) is 49.0. The lowest BCUT2D eigenvalue weighted by atomic mass is 9.72. The molecule has 4 aromatic heterocycles. The van der Waals surface area contributed by atoms with Crippen LogP contribution in [0.4, 0.5) is 40.1 Å². The lowest BCUT2D eigenvalue weighted by Crippen LogP contribution is -2.49. The number of rotatable bonds is 16. The summed E-state index contributed by atoms with van der Waals surface area (Å²) in [6.07, 6.45) is 35.3. The number of hydrogen-bond acceptors (Lipinski definition) is 18. The summed E-state index contributed by atoms with van der Waals surface area (Å²) in [5.41, 5.74) is 16.5. The maximum absolute atomic E-state index is 12.9. The van der Waals surface area contributed by atoms with Crippen LogP contribution >= 0.6 is 0 Å². The van der Waals surface area contributed by atoms with Gasteiger partial charge in [-0.05, 0) is 225 Å². The van der Waals surface area contributed by atoms with Crippen LogP contribution in [0.2, 0.25) is 0 Å². The number of sulfonamides is 2. The average molecular weight is 1960 g/mol. The Kier molecular flexibility index (Phi) is 29.2. The number of hydrogen-bond donors (Lipinski definition) is 8. The monoisotopic (exact) mass is 1960 g/mol. The molecule has 36 nitrogen and oxygen atoms in total. The molecule has 2 saturated carbocycles. The summed E-state index contributed by atoms with van der Waals surface area (Å²) >= 11 is 0. The number of nitrogens with one attached hydrogen (secondary N) is 8. The van der Waals surface area contributed by atoms with Crippen molar-refractivity contribution in [2.75, 3.05) is 121 Å². The fraction of sp³-hybridized carbons (Fsp3) is 0.448. The molecule has 4 saturated heterocycles. The third-order valence-corrected chi connectivity index (χ3v) is 38.5. The van der Waals surface area contributed by atoms with Gasteiger partial charge >= 0.3 is 11.8 Å². The summed E-state index contributed by atoms with van der Waals surface area (Å²) in [4.78, 5) is 84.1. The van der Waals surface area contributed by atoms with Crippen molar-refractivity contribution in [2.45, 2.75) is 160 Å². The zero-order chi connectivity index (χ0) is 98.1. The summed E-state index contributed by atoms with van der Waals surface area (Å²) in [7, 11) is -7.44. The van der Waals surface area contributed by atoms with Crippen molar-refractivity contribution in [3.05, 3.63) is 236 Å². The number of aromatic amines is 4. The lowest BCUT2D eigenvalue weighted by molar-refractivity contribution is 0.101. The molecule has 6 fully saturated rings. The number of carbonyl (C=O) groups is 4. The molecular formula is C96H114N22O14S5. The van der Waals surface area contributed by atoms with Crippen molar-refractivity contribution in [2.24, 2.45) is 16.2 Å². The van der Waals surface area contributed by atoms with E-state index in [2.05, 4.69) is 127 Å². The molecule has 137 heavy (non-hydrogen) atoms. The van der Waals surface area contributed by atoms with E-state index in [4.69, 9.17) is 25.0 Å². The first-order valence-corrected chi connectivity index (χ1v) is 53.1. The quantitative estimate of drug-likeness (QED) is 0.0417. The number of H-pyrrole nitrogens is 4. The van der Waals surface area contributed by atoms with E-state index in [9.17, 15) is 61.3 Å². The van der Waals surface area contributed by atoms with Gasteiger partial charge in [0.05, 0.1) is 42.4 Å². The Hall–Kier alpha value is -11.9. The van der Waals surface area contributed by atoms with Gasteiger partial charge in [-0.3, -0.25) is 29.1 Å². The number of benzene rings is 4. The molecule has 10 aliphatic rings.